The number of phenols is 1. The van der Waals surface area contributed by atoms with Crippen LogP contribution in [-0.2, 0) is 17.6 Å². The smallest absolute Gasteiger partial charge is 0.224 e. The Hall–Kier alpha value is -3.19. The summed E-state index contributed by atoms with van der Waals surface area (Å²) in [5.41, 5.74) is 3.32. The highest BCUT2D eigenvalue weighted by Gasteiger charge is 2.20. The lowest BCUT2D eigenvalue weighted by molar-refractivity contribution is -0.121. The maximum Gasteiger partial charge on any atom is 0.224 e. The molecule has 0 aromatic heterocycles. The quantitative estimate of drug-likeness (QED) is 0.301. The number of aromatic hydroxyl groups is 1. The number of carbonyl (C=O) groups excluding carboxylic acids is 1. The zero-order valence-corrected chi connectivity index (χ0v) is 19.7. The SMILES string of the molecule is CC(C)(Cc1cccc(CC(=O)N[C@H](CO)c2ccccc2)c1)NCC(O)c1ccc(O)cc1. The number of rotatable bonds is 11. The van der Waals surface area contributed by atoms with Gasteiger partial charge in [0, 0.05) is 12.1 Å². The molecule has 180 valence electrons. The van der Waals surface area contributed by atoms with Crippen LogP contribution in [0.4, 0.5) is 0 Å². The molecule has 1 unspecified atom stereocenters. The van der Waals surface area contributed by atoms with E-state index in [4.69, 9.17) is 0 Å². The van der Waals surface area contributed by atoms with Gasteiger partial charge in [0.1, 0.15) is 5.75 Å². The number of hydrogen-bond donors (Lipinski definition) is 5. The Balaban J connectivity index is 1.55. The summed E-state index contributed by atoms with van der Waals surface area (Å²) in [4.78, 5) is 12.6. The molecular formula is C28H34N2O4. The van der Waals surface area contributed by atoms with Gasteiger partial charge in [-0.05, 0) is 54.7 Å². The monoisotopic (exact) mass is 462 g/mol. The molecule has 34 heavy (non-hydrogen) atoms. The summed E-state index contributed by atoms with van der Waals surface area (Å²) in [6.07, 6.45) is 0.262. The first kappa shape index (κ1) is 25.4. The number of carbonyl (C=O) groups is 1. The molecule has 3 aromatic rings. The number of nitrogens with one attached hydrogen (secondary N) is 2. The highest BCUT2D eigenvalue weighted by Crippen LogP contribution is 2.19. The fourth-order valence-electron chi connectivity index (χ4n) is 3.96. The Morgan fingerprint density at radius 2 is 1.59 bits per heavy atom. The van der Waals surface area contributed by atoms with Crippen molar-refractivity contribution in [3.8, 4) is 5.75 Å². The van der Waals surface area contributed by atoms with Crippen molar-refractivity contribution in [3.63, 3.8) is 0 Å². The molecule has 0 saturated heterocycles. The minimum atomic E-state index is -0.681. The number of benzene rings is 3. The minimum Gasteiger partial charge on any atom is -0.508 e. The fraction of sp³-hybridized carbons (Fsp3) is 0.321. The number of phenolic OH excluding ortho intramolecular Hbond substituents is 1. The molecule has 1 amide bonds. The molecule has 0 saturated carbocycles. The van der Waals surface area contributed by atoms with Gasteiger partial charge in [-0.2, -0.15) is 0 Å². The summed E-state index contributed by atoms with van der Waals surface area (Å²) in [5, 5.41) is 35.9. The molecule has 0 heterocycles. The van der Waals surface area contributed by atoms with Gasteiger partial charge in [-0.3, -0.25) is 4.79 Å². The van der Waals surface area contributed by atoms with Gasteiger partial charge in [0.15, 0.2) is 0 Å². The summed E-state index contributed by atoms with van der Waals surface area (Å²) >= 11 is 0. The Morgan fingerprint density at radius 1 is 0.912 bits per heavy atom. The van der Waals surface area contributed by atoms with Crippen molar-refractivity contribution in [1.29, 1.82) is 0 Å². The van der Waals surface area contributed by atoms with Gasteiger partial charge in [0.2, 0.25) is 5.91 Å². The Kier molecular flexibility index (Phi) is 8.82. The average molecular weight is 463 g/mol. The number of aliphatic hydroxyl groups excluding tert-OH is 2. The third-order valence-corrected chi connectivity index (χ3v) is 5.77. The molecule has 0 bridgehead atoms. The van der Waals surface area contributed by atoms with Crippen LogP contribution >= 0.6 is 0 Å². The van der Waals surface area contributed by atoms with Crippen molar-refractivity contribution < 1.29 is 20.1 Å². The van der Waals surface area contributed by atoms with Crippen LogP contribution < -0.4 is 10.6 Å². The molecule has 5 N–H and O–H groups in total. The lowest BCUT2D eigenvalue weighted by atomic mass is 9.93. The molecule has 3 aromatic carbocycles. The number of amides is 1. The van der Waals surface area contributed by atoms with Gasteiger partial charge in [-0.1, -0.05) is 66.7 Å². The topological polar surface area (TPSA) is 102 Å². The van der Waals surface area contributed by atoms with Crippen LogP contribution in [0.1, 0.15) is 48.2 Å². The summed E-state index contributed by atoms with van der Waals surface area (Å²) in [7, 11) is 0. The molecule has 2 atom stereocenters. The maximum absolute atomic E-state index is 12.6. The molecule has 6 heteroatoms. The van der Waals surface area contributed by atoms with Crippen molar-refractivity contribution in [3.05, 3.63) is 101 Å². The van der Waals surface area contributed by atoms with E-state index in [2.05, 4.69) is 24.5 Å². The third kappa shape index (κ3) is 7.70. The Bertz CT molecular complexity index is 1050. The van der Waals surface area contributed by atoms with Crippen molar-refractivity contribution in [2.24, 2.45) is 0 Å². The van der Waals surface area contributed by atoms with Gasteiger partial charge in [-0.25, -0.2) is 0 Å². The fourth-order valence-corrected chi connectivity index (χ4v) is 3.96. The van der Waals surface area contributed by atoms with E-state index in [1.165, 1.54) is 0 Å². The van der Waals surface area contributed by atoms with Gasteiger partial charge < -0.3 is 26.0 Å². The van der Waals surface area contributed by atoms with E-state index in [-0.39, 0.29) is 30.2 Å². The zero-order chi connectivity index (χ0) is 24.6. The number of aliphatic hydroxyl groups is 2. The maximum atomic E-state index is 12.6. The second kappa shape index (κ2) is 11.8. The highest BCUT2D eigenvalue weighted by molar-refractivity contribution is 5.79. The van der Waals surface area contributed by atoms with Crippen LogP contribution in [-0.4, -0.2) is 39.9 Å². The van der Waals surface area contributed by atoms with Gasteiger partial charge >= 0.3 is 0 Å². The van der Waals surface area contributed by atoms with Crippen LogP contribution in [0.2, 0.25) is 0 Å². The van der Waals surface area contributed by atoms with E-state index in [1.54, 1.807) is 24.3 Å². The largest absolute Gasteiger partial charge is 0.508 e. The normalized spacial score (nSPS) is 13.3. The highest BCUT2D eigenvalue weighted by atomic mass is 16.3. The molecule has 0 aliphatic heterocycles. The van der Waals surface area contributed by atoms with Crippen LogP contribution in [0.3, 0.4) is 0 Å². The predicted octanol–water partition coefficient (Wildman–Crippen LogP) is 3.43. The first-order valence-corrected chi connectivity index (χ1v) is 11.5. The van der Waals surface area contributed by atoms with Crippen molar-refractivity contribution in [2.45, 2.75) is 44.4 Å². The van der Waals surface area contributed by atoms with Crippen LogP contribution in [0.5, 0.6) is 5.75 Å². The van der Waals surface area contributed by atoms with E-state index < -0.39 is 12.1 Å². The summed E-state index contributed by atoms with van der Waals surface area (Å²) < 4.78 is 0. The second-order valence-corrected chi connectivity index (χ2v) is 9.26. The Labute approximate surface area is 201 Å². The van der Waals surface area contributed by atoms with Gasteiger partial charge in [0.25, 0.3) is 0 Å². The van der Waals surface area contributed by atoms with Crippen molar-refractivity contribution >= 4 is 5.91 Å². The van der Waals surface area contributed by atoms with Crippen LogP contribution in [0.25, 0.3) is 0 Å². The summed E-state index contributed by atoms with van der Waals surface area (Å²) in [6.45, 7) is 4.36. The molecule has 0 spiro atoms. The molecule has 0 radical (unpaired) electrons. The Morgan fingerprint density at radius 3 is 2.26 bits per heavy atom. The van der Waals surface area contributed by atoms with E-state index in [1.807, 2.05) is 54.6 Å². The van der Waals surface area contributed by atoms with E-state index >= 15 is 0 Å². The van der Waals surface area contributed by atoms with Crippen molar-refractivity contribution in [2.75, 3.05) is 13.2 Å². The summed E-state index contributed by atoms with van der Waals surface area (Å²) in [6, 6.07) is 23.5. The molecular weight excluding hydrogens is 428 g/mol. The van der Waals surface area contributed by atoms with Crippen molar-refractivity contribution in [1.82, 2.24) is 10.6 Å². The third-order valence-electron chi connectivity index (χ3n) is 5.77. The first-order valence-electron chi connectivity index (χ1n) is 11.5. The molecule has 0 aliphatic rings. The number of hydrogen-bond acceptors (Lipinski definition) is 5. The number of β-amino-alcohol motifs (C(OH)–C–C–N with tert-alkyl or cyclic N) is 1. The van der Waals surface area contributed by atoms with Gasteiger partial charge in [-0.15, -0.1) is 0 Å². The van der Waals surface area contributed by atoms with Gasteiger partial charge in [0.05, 0.1) is 25.2 Å². The lowest BCUT2D eigenvalue weighted by Gasteiger charge is -2.28. The molecule has 3 rings (SSSR count). The van der Waals surface area contributed by atoms with E-state index in [9.17, 15) is 20.1 Å². The van der Waals surface area contributed by atoms with E-state index in [0.29, 0.717) is 13.0 Å². The standard InChI is InChI=1S/C28H34N2O4/c1-28(2,29-18-26(33)23-11-13-24(32)14-12-23)17-21-8-6-7-20(15-21)16-27(34)30-25(19-31)22-9-4-3-5-10-22/h3-15,25-26,29,31-33H,16-19H2,1-2H3,(H,30,34)/t25-,26?/m1/s1. The first-order chi connectivity index (χ1) is 16.3. The van der Waals surface area contributed by atoms with Crippen LogP contribution in [0, 0.1) is 0 Å². The second-order valence-electron chi connectivity index (χ2n) is 9.26. The molecule has 6 nitrogen and oxygen atoms in total. The van der Waals surface area contributed by atoms with E-state index in [0.717, 1.165) is 22.3 Å². The molecule has 0 fully saturated rings. The average Bonchev–Trinajstić information content (AvgIpc) is 2.82. The van der Waals surface area contributed by atoms with Crippen LogP contribution in [0.15, 0.2) is 78.9 Å². The molecule has 0 aliphatic carbocycles. The zero-order valence-electron chi connectivity index (χ0n) is 19.7. The summed E-state index contributed by atoms with van der Waals surface area (Å²) in [5.74, 6) is 0.0270. The minimum absolute atomic E-state index is 0.144. The lowest BCUT2D eigenvalue weighted by Crippen LogP contribution is -2.43. The predicted molar refractivity (Wildman–Crippen MR) is 133 cm³/mol.